The molecule has 0 bridgehead atoms. The number of aliphatic hydroxyl groups excluding tert-OH is 1. The predicted octanol–water partition coefficient (Wildman–Crippen LogP) is 3.65. The molecule has 738 valence electrons. The Morgan fingerprint density at radius 3 is 1.65 bits per heavy atom. The highest BCUT2D eigenvalue weighted by molar-refractivity contribution is 7.80. The van der Waals surface area contributed by atoms with Crippen molar-refractivity contribution < 1.29 is 112 Å². The average Bonchev–Trinajstić information content (AvgIpc) is 0.873. The molecule has 42 heteroatoms. The monoisotopic (exact) mass is 1910 g/mol. The number of carboxylic acid groups (broad SMARTS) is 3. The van der Waals surface area contributed by atoms with Crippen LogP contribution in [0.3, 0.4) is 0 Å². The van der Waals surface area contributed by atoms with Crippen LogP contribution in [0.15, 0.2) is 101 Å². The molecular weight excluding hydrogens is 1780 g/mol. The van der Waals surface area contributed by atoms with Gasteiger partial charge < -0.3 is 120 Å². The number of amides is 13. The van der Waals surface area contributed by atoms with Crippen molar-refractivity contribution in [2.24, 2.45) is 34.3 Å². The summed E-state index contributed by atoms with van der Waals surface area (Å²) in [6, 6.07) is 1.74. The number of imidazole rings is 1. The zero-order valence-corrected chi connectivity index (χ0v) is 78.9. The maximum Gasteiger partial charge on any atom is 0.336 e. The molecular formula is C94H127N17O24S. The molecule has 0 radical (unpaired) electrons. The lowest BCUT2D eigenvalue weighted by molar-refractivity contribution is -0.141. The van der Waals surface area contributed by atoms with Crippen molar-refractivity contribution >= 4 is 129 Å². The molecule has 0 unspecified atom stereocenters. The minimum Gasteiger partial charge on any atom is -0.508 e. The fourth-order valence-electron chi connectivity index (χ4n) is 16.1. The van der Waals surface area contributed by atoms with Gasteiger partial charge in [0.05, 0.1) is 30.2 Å². The van der Waals surface area contributed by atoms with Gasteiger partial charge in [-0.1, -0.05) is 120 Å². The number of rotatable bonds is 47. The molecule has 3 aromatic carbocycles. The number of aromatic hydroxyl groups is 2. The number of nitrogens with zero attached hydrogens (tertiary/aromatic N) is 2. The molecule has 14 atom stereocenters. The summed E-state index contributed by atoms with van der Waals surface area (Å²) in [5.74, 6) is -17.4. The fourth-order valence-corrected chi connectivity index (χ4v) is 16.3. The van der Waals surface area contributed by atoms with Crippen molar-refractivity contribution in [1.29, 1.82) is 0 Å². The molecule has 41 nitrogen and oxygen atoms in total. The van der Waals surface area contributed by atoms with Crippen molar-refractivity contribution in [3.8, 4) is 33.9 Å². The predicted molar refractivity (Wildman–Crippen MR) is 501 cm³/mol. The van der Waals surface area contributed by atoms with Gasteiger partial charge in [-0.15, -0.1) is 0 Å². The number of benzene rings is 4. The number of carbonyl (C=O) groups is 16. The van der Waals surface area contributed by atoms with Gasteiger partial charge in [0.2, 0.25) is 76.8 Å². The van der Waals surface area contributed by atoms with Crippen molar-refractivity contribution in [3.63, 3.8) is 0 Å². The maximum atomic E-state index is 14.7. The van der Waals surface area contributed by atoms with E-state index in [1.165, 1.54) is 80.1 Å². The first kappa shape index (κ1) is 108. The maximum absolute atomic E-state index is 14.7. The molecule has 2 fully saturated rings. The molecule has 4 aromatic rings. The normalized spacial score (nSPS) is 16.3. The van der Waals surface area contributed by atoms with Crippen molar-refractivity contribution in [2.45, 2.75) is 264 Å². The number of carbonyl (C=O) groups excluding carboxylic acids is 13. The van der Waals surface area contributed by atoms with Gasteiger partial charge in [0.25, 0.3) is 0 Å². The summed E-state index contributed by atoms with van der Waals surface area (Å²) in [6.45, 7) is 17.9. The van der Waals surface area contributed by atoms with Gasteiger partial charge in [0.15, 0.2) is 10.5 Å². The van der Waals surface area contributed by atoms with E-state index in [1.54, 1.807) is 80.5 Å². The number of fused-ring (bicyclic) bond motifs is 2. The van der Waals surface area contributed by atoms with E-state index in [2.05, 4.69) is 79.1 Å². The Balaban J connectivity index is 0.893. The third-order valence-corrected chi connectivity index (χ3v) is 24.5. The first-order chi connectivity index (χ1) is 64.2. The van der Waals surface area contributed by atoms with E-state index in [4.69, 9.17) is 22.4 Å². The number of nitrogens with one attached hydrogen (secondary N) is 14. The summed E-state index contributed by atoms with van der Waals surface area (Å²) in [5, 5.41) is 96.9. The van der Waals surface area contributed by atoms with Crippen LogP contribution in [0.25, 0.3) is 33.4 Å². The highest BCUT2D eigenvalue weighted by atomic mass is 32.1. The van der Waals surface area contributed by atoms with Crippen LogP contribution in [0.5, 0.6) is 11.5 Å². The van der Waals surface area contributed by atoms with Crippen LogP contribution < -0.4 is 80.3 Å². The van der Waals surface area contributed by atoms with Crippen LogP contribution >= 0.6 is 12.2 Å². The van der Waals surface area contributed by atoms with Crippen LogP contribution in [0.1, 0.15) is 201 Å². The number of carboxylic acids is 3. The van der Waals surface area contributed by atoms with Crippen molar-refractivity contribution in [3.05, 3.63) is 118 Å². The number of phenols is 2. The summed E-state index contributed by atoms with van der Waals surface area (Å²) < 4.78 is 5.93. The molecule has 1 aromatic heterocycles. The second kappa shape index (κ2) is 49.5. The molecule has 2 aliphatic carbocycles. The molecule has 8 rings (SSSR count). The number of anilines is 1. The number of aromatic nitrogens is 2. The van der Waals surface area contributed by atoms with Gasteiger partial charge in [-0.05, 0) is 159 Å². The summed E-state index contributed by atoms with van der Waals surface area (Å²) in [6.07, 6.45) is 2.78. The Bertz CT molecular complexity index is 5340. The number of likely N-dealkylation sites (tertiary alicyclic amines) is 1. The average molecular weight is 1910 g/mol. The molecule has 13 amide bonds. The summed E-state index contributed by atoms with van der Waals surface area (Å²) in [5.41, 5.74) is 5.57. The molecule has 4 aliphatic rings. The Labute approximate surface area is 791 Å². The number of aromatic carboxylic acids is 1. The van der Waals surface area contributed by atoms with Crippen LogP contribution in [0, 0.1) is 28.6 Å². The van der Waals surface area contributed by atoms with Crippen LogP contribution in [-0.4, -0.2) is 238 Å². The lowest BCUT2D eigenvalue weighted by Gasteiger charge is -2.36. The lowest BCUT2D eigenvalue weighted by Crippen LogP contribution is -2.64. The second-order valence-corrected chi connectivity index (χ2v) is 37.3. The van der Waals surface area contributed by atoms with E-state index in [-0.39, 0.29) is 119 Å². The topological polar surface area (TPSA) is 639 Å². The lowest BCUT2D eigenvalue weighted by atomic mass is 9.83. The smallest absolute Gasteiger partial charge is 0.336 e. The molecule has 3 heterocycles. The van der Waals surface area contributed by atoms with Crippen molar-refractivity contribution in [2.75, 3.05) is 25.0 Å². The standard InChI is InChI=1S/C94H127N17O24S/c1-12-48(3)74(106-90(132)78(94(9,10)11)110-88(130)75(49(4)13-2)107-89(131)77(93(6,7)8)109-80(122)52-20-15-14-16-21-52)87(129)108-76(50(5)112)86(128)98-46-70(116)111-39-19-23-67(111)85(127)105-66(42-54-45-96-47-99-54)84(126)103-63(34-36-71(117)118)81(123)102-64(35-37-72(119)120)82(124)104-65(40-51-24-27-55(113)28-25-51)83(125)101-62(79(95)121)22-17-18-38-97-92(136)100-53-26-31-58(61(41-53)91(133)134)73-59-32-29-56(114)43-68(59)135-69-44-57(115)30-33-60(69)73/h24-33,41,43-45,47-50,52,62-67,74-78,112-114H,12-23,34-40,42,46H2,1-11H3,(H2,95,121)(H,96,99)(H,98,128)(H,101,125)(H,102,123)(H,103,126)(H,104,124)(H,105,127)(H,106,132)(H,107,131)(H,108,129)(H,109,122)(H,110,130)(H,117,118)(H,119,120)(H,133,134)(H2,97,100,136)/t48-,49-,50+,62-,63-,64-,65-,66-,67-,74-,75-,76-,77+,78+/m0/s1. The van der Waals surface area contributed by atoms with E-state index in [9.17, 15) is 112 Å². The Morgan fingerprint density at radius 1 is 0.551 bits per heavy atom. The number of hydrogen-bond acceptors (Lipinski definition) is 23. The van der Waals surface area contributed by atoms with Gasteiger partial charge in [-0.3, -0.25) is 76.7 Å². The third-order valence-electron chi connectivity index (χ3n) is 24.2. The Kier molecular flexibility index (Phi) is 39.2. The van der Waals surface area contributed by atoms with Crippen LogP contribution in [0.2, 0.25) is 0 Å². The van der Waals surface area contributed by atoms with E-state index in [0.717, 1.165) is 24.2 Å². The molecule has 1 saturated heterocycles. The van der Waals surface area contributed by atoms with Gasteiger partial charge in [-0.25, -0.2) is 9.78 Å². The van der Waals surface area contributed by atoms with E-state index in [1.807, 2.05) is 6.92 Å². The van der Waals surface area contributed by atoms with E-state index >= 15 is 0 Å². The minimum atomic E-state index is -1.88. The highest BCUT2D eigenvalue weighted by Gasteiger charge is 2.44. The number of thiocarbonyl (C=S) groups is 1. The number of aromatic amines is 1. The summed E-state index contributed by atoms with van der Waals surface area (Å²) in [7, 11) is 0. The molecule has 2 aliphatic heterocycles. The number of phenolic OH excluding ortho intramolecular Hbond substituents is 2. The molecule has 136 heavy (non-hydrogen) atoms. The van der Waals surface area contributed by atoms with Crippen molar-refractivity contribution in [1.82, 2.24) is 78.7 Å². The van der Waals surface area contributed by atoms with E-state index in [0.29, 0.717) is 47.8 Å². The number of aliphatic hydroxyl groups is 1. The van der Waals surface area contributed by atoms with Gasteiger partial charge in [0.1, 0.15) is 89.3 Å². The Hall–Kier alpha value is -13.7. The number of hydrogen-bond donors (Lipinski definition) is 21. The van der Waals surface area contributed by atoms with Gasteiger partial charge in [0, 0.05) is 85.2 Å². The summed E-state index contributed by atoms with van der Waals surface area (Å²) >= 11 is 5.54. The molecule has 1 saturated carbocycles. The quantitative estimate of drug-likeness (QED) is 0.0147. The second-order valence-electron chi connectivity index (χ2n) is 36.8. The number of unbranched alkanes of at least 4 members (excludes halogenated alkanes) is 1. The fraction of sp³-hybridized carbons (Fsp3) is 0.521. The number of nitrogens with two attached hydrogens (primary N) is 1. The first-order valence-corrected chi connectivity index (χ1v) is 46.0. The number of H-pyrrole nitrogens is 1. The minimum absolute atomic E-state index is 0.00180. The van der Waals surface area contributed by atoms with E-state index < -0.39 is 223 Å². The SMILES string of the molecule is CC[C@H](C)[C@H](NC(=O)[C@@H](NC(=O)C1CCCCC1)C(C)(C)C)C(=O)N[C@H](C(=O)N[C@H](C(=O)N[C@H](C(=O)NCC(=O)N1CCC[C@H]1C(=O)N[C@@H](Cc1c[nH]cn1)C(=O)N[C@@H](CCC(=O)O)C(=O)N[C@@H](CCC(=O)O)C(=O)N[C@@H](Cc1ccc(O)cc1)C(=O)N[C@@H](CCCCNC(=S)Nc1ccc(-c2c3ccc(=O)cc-3oc3cc(O)ccc23)c(C(=O)O)c1)C(N)=O)[C@@H](C)O)[C@@H](C)CC)C(C)(C)C. The molecule has 22 N–H and O–H groups in total. The van der Waals surface area contributed by atoms with Crippen LogP contribution in [0.4, 0.5) is 5.69 Å². The van der Waals surface area contributed by atoms with Gasteiger partial charge in [-0.2, -0.15) is 0 Å². The van der Waals surface area contributed by atoms with Crippen LogP contribution in [-0.2, 0) is 84.8 Å². The zero-order chi connectivity index (χ0) is 100. The largest absolute Gasteiger partial charge is 0.508 e. The number of primary amides is 1. The highest BCUT2D eigenvalue weighted by Crippen LogP contribution is 2.43. The first-order valence-electron chi connectivity index (χ1n) is 45.6. The zero-order valence-electron chi connectivity index (χ0n) is 78.1. The van der Waals surface area contributed by atoms with Gasteiger partial charge >= 0.3 is 17.9 Å². The number of aliphatic carboxylic acids is 2. The third kappa shape index (κ3) is 30.9. The summed E-state index contributed by atoms with van der Waals surface area (Å²) in [4.78, 5) is 243. The molecule has 0 spiro atoms. The Morgan fingerprint density at radius 2 is 1.10 bits per heavy atom.